The second-order valence-electron chi connectivity index (χ2n) is 4.14. The first-order valence-electron chi connectivity index (χ1n) is 5.67. The molecule has 1 atom stereocenters. The maximum absolute atomic E-state index is 4.06. The molecule has 2 aromatic heterocycles. The Morgan fingerprint density at radius 3 is 2.94 bits per heavy atom. The number of hydrogen-bond acceptors (Lipinski definition) is 5. The lowest BCUT2D eigenvalue weighted by atomic mass is 10.2. The van der Waals surface area contributed by atoms with Crippen LogP contribution in [0.5, 0.6) is 0 Å². The molecule has 0 aliphatic rings. The molecule has 2 heterocycles. The summed E-state index contributed by atoms with van der Waals surface area (Å²) in [5, 5.41) is 14.9. The lowest BCUT2D eigenvalue weighted by Gasteiger charge is -2.12. The first-order valence-corrected chi connectivity index (χ1v) is 6.49. The molecule has 1 unspecified atom stereocenters. The van der Waals surface area contributed by atoms with Gasteiger partial charge in [0.1, 0.15) is 0 Å². The molecular weight excluding hydrogens is 234 g/mol. The molecule has 0 saturated carbocycles. The number of nitrogens with zero attached hydrogens (tertiary/aromatic N) is 4. The van der Waals surface area contributed by atoms with E-state index in [2.05, 4.69) is 46.8 Å². The number of thiophene rings is 1. The summed E-state index contributed by atoms with van der Waals surface area (Å²) >= 11 is 1.83. The third-order valence-electron chi connectivity index (χ3n) is 2.61. The molecule has 0 fully saturated rings. The Bertz CT molecular complexity index is 476. The Morgan fingerprint density at radius 2 is 2.29 bits per heavy atom. The predicted molar refractivity (Wildman–Crippen MR) is 68.1 cm³/mol. The molecule has 0 amide bonds. The van der Waals surface area contributed by atoms with E-state index in [1.807, 2.05) is 23.1 Å². The van der Waals surface area contributed by atoms with Gasteiger partial charge in [0.2, 0.25) is 0 Å². The van der Waals surface area contributed by atoms with Crippen LogP contribution in [-0.2, 0) is 13.0 Å². The summed E-state index contributed by atoms with van der Waals surface area (Å²) < 4.78 is 1.89. The lowest BCUT2D eigenvalue weighted by Crippen LogP contribution is -2.17. The zero-order chi connectivity index (χ0) is 12.3. The fourth-order valence-corrected chi connectivity index (χ4v) is 2.81. The van der Waals surface area contributed by atoms with Crippen LogP contribution >= 0.6 is 11.3 Å². The van der Waals surface area contributed by atoms with Crippen molar-refractivity contribution in [2.45, 2.75) is 32.9 Å². The molecule has 0 saturated heterocycles. The number of aryl methyl sites for hydroxylation is 1. The Hall–Kier alpha value is -1.27. The van der Waals surface area contributed by atoms with E-state index in [9.17, 15) is 0 Å². The fourth-order valence-electron chi connectivity index (χ4n) is 1.80. The minimum Gasteiger partial charge on any atom is -0.313 e. The van der Waals surface area contributed by atoms with Crippen molar-refractivity contribution in [1.29, 1.82) is 0 Å². The van der Waals surface area contributed by atoms with E-state index >= 15 is 0 Å². The van der Waals surface area contributed by atoms with E-state index in [0.717, 1.165) is 12.2 Å². The van der Waals surface area contributed by atoms with E-state index in [-0.39, 0.29) is 6.04 Å². The van der Waals surface area contributed by atoms with Crippen molar-refractivity contribution in [2.75, 3.05) is 7.05 Å². The van der Waals surface area contributed by atoms with Crippen molar-refractivity contribution in [3.63, 3.8) is 0 Å². The Kier molecular flexibility index (Phi) is 3.86. The van der Waals surface area contributed by atoms with Crippen molar-refractivity contribution in [2.24, 2.45) is 0 Å². The van der Waals surface area contributed by atoms with E-state index in [1.54, 1.807) is 0 Å². The van der Waals surface area contributed by atoms with Crippen LogP contribution in [0.15, 0.2) is 12.1 Å². The fraction of sp³-hybridized carbons (Fsp3) is 0.545. The highest BCUT2D eigenvalue weighted by Gasteiger charge is 2.13. The zero-order valence-corrected chi connectivity index (χ0v) is 11.2. The molecule has 6 heteroatoms. The van der Waals surface area contributed by atoms with Crippen LogP contribution in [0.1, 0.15) is 28.5 Å². The summed E-state index contributed by atoms with van der Waals surface area (Å²) in [5.41, 5.74) is 0. The van der Waals surface area contributed by atoms with E-state index in [1.165, 1.54) is 9.75 Å². The second kappa shape index (κ2) is 5.37. The van der Waals surface area contributed by atoms with Crippen LogP contribution in [0.4, 0.5) is 0 Å². The van der Waals surface area contributed by atoms with E-state index < -0.39 is 0 Å². The van der Waals surface area contributed by atoms with Gasteiger partial charge in [0.05, 0.1) is 12.6 Å². The minimum absolute atomic E-state index is 0.284. The summed E-state index contributed by atoms with van der Waals surface area (Å²) in [6, 6.07) is 4.62. The van der Waals surface area contributed by atoms with Gasteiger partial charge in [0, 0.05) is 16.2 Å². The van der Waals surface area contributed by atoms with Crippen LogP contribution in [-0.4, -0.2) is 27.3 Å². The molecule has 0 bridgehead atoms. The van der Waals surface area contributed by atoms with Crippen LogP contribution in [0, 0.1) is 6.92 Å². The monoisotopic (exact) mass is 251 g/mol. The standard InChI is InChI=1S/C11H17N5S/c1-8(6-10-5-4-9(2)17-10)16-11(7-12-3)13-14-15-16/h4-5,8,12H,6-7H2,1-3H3. The van der Waals surface area contributed by atoms with E-state index in [4.69, 9.17) is 0 Å². The van der Waals surface area contributed by atoms with Gasteiger partial charge in [-0.05, 0) is 43.5 Å². The van der Waals surface area contributed by atoms with Gasteiger partial charge in [-0.3, -0.25) is 0 Å². The summed E-state index contributed by atoms with van der Waals surface area (Å²) in [6.45, 7) is 4.97. The van der Waals surface area contributed by atoms with Gasteiger partial charge in [-0.1, -0.05) is 0 Å². The highest BCUT2D eigenvalue weighted by atomic mass is 32.1. The summed E-state index contributed by atoms with van der Waals surface area (Å²) in [6.07, 6.45) is 0.972. The van der Waals surface area contributed by atoms with Crippen LogP contribution < -0.4 is 5.32 Å². The highest BCUT2D eigenvalue weighted by Crippen LogP contribution is 2.21. The molecule has 1 N–H and O–H groups in total. The molecule has 92 valence electrons. The minimum atomic E-state index is 0.284. The number of tetrazole rings is 1. The van der Waals surface area contributed by atoms with Gasteiger partial charge in [0.15, 0.2) is 5.82 Å². The number of hydrogen-bond donors (Lipinski definition) is 1. The highest BCUT2D eigenvalue weighted by molar-refractivity contribution is 7.11. The Labute approximate surface area is 105 Å². The average molecular weight is 251 g/mol. The predicted octanol–water partition coefficient (Wildman–Crippen LogP) is 1.57. The summed E-state index contributed by atoms with van der Waals surface area (Å²) in [5.74, 6) is 0.883. The van der Waals surface area contributed by atoms with Gasteiger partial charge >= 0.3 is 0 Å². The van der Waals surface area contributed by atoms with Crippen molar-refractivity contribution in [3.05, 3.63) is 27.7 Å². The summed E-state index contributed by atoms with van der Waals surface area (Å²) in [4.78, 5) is 2.72. The van der Waals surface area contributed by atoms with Gasteiger partial charge in [-0.2, -0.15) is 0 Å². The Balaban J connectivity index is 2.08. The first-order chi connectivity index (χ1) is 8.20. The average Bonchev–Trinajstić information content (AvgIpc) is 2.88. The van der Waals surface area contributed by atoms with Crippen molar-refractivity contribution < 1.29 is 0 Å². The largest absolute Gasteiger partial charge is 0.313 e. The van der Waals surface area contributed by atoms with Crippen LogP contribution in [0.2, 0.25) is 0 Å². The molecule has 0 radical (unpaired) electrons. The zero-order valence-electron chi connectivity index (χ0n) is 10.3. The molecule has 0 aliphatic heterocycles. The normalized spacial score (nSPS) is 12.9. The van der Waals surface area contributed by atoms with Crippen molar-refractivity contribution in [1.82, 2.24) is 25.5 Å². The maximum atomic E-state index is 4.06. The van der Waals surface area contributed by atoms with Gasteiger partial charge in [-0.25, -0.2) is 4.68 Å². The molecular formula is C11H17N5S. The maximum Gasteiger partial charge on any atom is 0.165 e. The lowest BCUT2D eigenvalue weighted by molar-refractivity contribution is 0.454. The van der Waals surface area contributed by atoms with Gasteiger partial charge in [-0.15, -0.1) is 16.4 Å². The SMILES string of the molecule is CNCc1nnnn1C(C)Cc1ccc(C)s1. The third-order valence-corrected chi connectivity index (χ3v) is 3.63. The molecule has 2 aromatic rings. The van der Waals surface area contributed by atoms with Crippen molar-refractivity contribution in [3.8, 4) is 0 Å². The third kappa shape index (κ3) is 2.89. The molecule has 2 rings (SSSR count). The smallest absolute Gasteiger partial charge is 0.165 e. The molecule has 0 spiro atoms. The molecule has 17 heavy (non-hydrogen) atoms. The number of rotatable bonds is 5. The molecule has 0 aliphatic carbocycles. The van der Waals surface area contributed by atoms with E-state index in [0.29, 0.717) is 6.54 Å². The van der Waals surface area contributed by atoms with Crippen molar-refractivity contribution >= 4 is 11.3 Å². The topological polar surface area (TPSA) is 55.6 Å². The first kappa shape index (κ1) is 12.2. The van der Waals surface area contributed by atoms with Crippen LogP contribution in [0.3, 0.4) is 0 Å². The van der Waals surface area contributed by atoms with Gasteiger partial charge in [0.25, 0.3) is 0 Å². The summed E-state index contributed by atoms with van der Waals surface area (Å²) in [7, 11) is 1.90. The van der Waals surface area contributed by atoms with Gasteiger partial charge < -0.3 is 5.32 Å². The molecule has 5 nitrogen and oxygen atoms in total. The Morgan fingerprint density at radius 1 is 1.47 bits per heavy atom. The quantitative estimate of drug-likeness (QED) is 0.876. The second-order valence-corrected chi connectivity index (χ2v) is 5.51. The number of nitrogens with one attached hydrogen (secondary N) is 1. The van der Waals surface area contributed by atoms with Crippen LogP contribution in [0.25, 0.3) is 0 Å². The number of aromatic nitrogens is 4. The molecule has 0 aromatic carbocycles.